The van der Waals surface area contributed by atoms with Gasteiger partial charge in [0.05, 0.1) is 6.42 Å². The fourth-order valence-corrected chi connectivity index (χ4v) is 1.76. The average molecular weight is 204 g/mol. The van der Waals surface area contributed by atoms with Gasteiger partial charge in [0.25, 0.3) is 0 Å². The number of rotatable bonds is 3. The number of hydrogen-bond acceptors (Lipinski definition) is 2. The molecular formula is C11H12N2O2. The van der Waals surface area contributed by atoms with E-state index in [9.17, 15) is 9.59 Å². The van der Waals surface area contributed by atoms with Crippen LogP contribution in [0.5, 0.6) is 0 Å². The summed E-state index contributed by atoms with van der Waals surface area (Å²) in [5.41, 5.74) is 3.00. The van der Waals surface area contributed by atoms with Gasteiger partial charge >= 0.3 is 0 Å². The van der Waals surface area contributed by atoms with E-state index in [-0.39, 0.29) is 5.91 Å². The van der Waals surface area contributed by atoms with E-state index in [0.717, 1.165) is 16.8 Å². The molecule has 0 unspecified atom stereocenters. The highest BCUT2D eigenvalue weighted by Crippen LogP contribution is 2.28. The van der Waals surface area contributed by atoms with Gasteiger partial charge in [-0.15, -0.1) is 0 Å². The molecule has 0 saturated heterocycles. The Kier molecular flexibility index (Phi) is 2.41. The molecule has 0 atom stereocenters. The molecule has 15 heavy (non-hydrogen) atoms. The lowest BCUT2D eigenvalue weighted by Gasteiger charge is -2.11. The van der Waals surface area contributed by atoms with Crippen molar-refractivity contribution in [1.82, 2.24) is 5.32 Å². The SMILES string of the molecule is CN1C(=O)Cc2ccc(CNC=O)cc21. The maximum absolute atomic E-state index is 11.4. The first-order valence-corrected chi connectivity index (χ1v) is 4.78. The van der Waals surface area contributed by atoms with Gasteiger partial charge in [-0.25, -0.2) is 0 Å². The van der Waals surface area contributed by atoms with Crippen LogP contribution >= 0.6 is 0 Å². The van der Waals surface area contributed by atoms with Crippen LogP contribution in [0.2, 0.25) is 0 Å². The second-order valence-corrected chi connectivity index (χ2v) is 3.59. The highest BCUT2D eigenvalue weighted by Gasteiger charge is 2.23. The summed E-state index contributed by atoms with van der Waals surface area (Å²) in [5.74, 6) is 0.116. The van der Waals surface area contributed by atoms with Crippen LogP contribution in [0.25, 0.3) is 0 Å². The molecule has 78 valence electrons. The standard InChI is InChI=1S/C11H12N2O2/c1-13-10-4-8(6-12-7-14)2-3-9(10)5-11(13)15/h2-4,7H,5-6H2,1H3,(H,12,14). The van der Waals surface area contributed by atoms with Gasteiger partial charge in [0.1, 0.15) is 0 Å². The van der Waals surface area contributed by atoms with E-state index >= 15 is 0 Å². The van der Waals surface area contributed by atoms with Crippen LogP contribution in [0.4, 0.5) is 5.69 Å². The largest absolute Gasteiger partial charge is 0.355 e. The second-order valence-electron chi connectivity index (χ2n) is 3.59. The summed E-state index contributed by atoms with van der Waals surface area (Å²) >= 11 is 0. The normalized spacial score (nSPS) is 13.9. The first kappa shape index (κ1) is 9.71. The van der Waals surface area contributed by atoms with Gasteiger partial charge in [-0.3, -0.25) is 9.59 Å². The van der Waals surface area contributed by atoms with Gasteiger partial charge in [0.15, 0.2) is 0 Å². The number of hydrogen-bond donors (Lipinski definition) is 1. The van der Waals surface area contributed by atoms with E-state index in [1.807, 2.05) is 18.2 Å². The van der Waals surface area contributed by atoms with Crippen molar-refractivity contribution in [3.63, 3.8) is 0 Å². The first-order chi connectivity index (χ1) is 7.22. The number of benzene rings is 1. The monoisotopic (exact) mass is 204 g/mol. The fraction of sp³-hybridized carbons (Fsp3) is 0.273. The minimum Gasteiger partial charge on any atom is -0.355 e. The lowest BCUT2D eigenvalue weighted by Crippen LogP contribution is -2.20. The van der Waals surface area contributed by atoms with Gasteiger partial charge in [0.2, 0.25) is 12.3 Å². The quantitative estimate of drug-likeness (QED) is 0.727. The summed E-state index contributed by atoms with van der Waals surface area (Å²) in [6, 6.07) is 5.82. The molecular weight excluding hydrogens is 192 g/mol. The van der Waals surface area contributed by atoms with Crippen molar-refractivity contribution in [3.05, 3.63) is 29.3 Å². The molecule has 0 spiro atoms. The van der Waals surface area contributed by atoms with Gasteiger partial charge in [-0.2, -0.15) is 0 Å². The van der Waals surface area contributed by atoms with E-state index in [1.165, 1.54) is 0 Å². The van der Waals surface area contributed by atoms with Crippen molar-refractivity contribution >= 4 is 18.0 Å². The smallest absolute Gasteiger partial charge is 0.231 e. The van der Waals surface area contributed by atoms with Gasteiger partial charge in [-0.1, -0.05) is 12.1 Å². The number of likely N-dealkylation sites (N-methyl/N-ethyl adjacent to an activating group) is 1. The molecule has 0 aromatic heterocycles. The van der Waals surface area contributed by atoms with Crippen LogP contribution in [0.1, 0.15) is 11.1 Å². The van der Waals surface area contributed by atoms with Crippen molar-refractivity contribution in [2.75, 3.05) is 11.9 Å². The predicted octanol–water partition coefficient (Wildman–Crippen LogP) is 0.451. The summed E-state index contributed by atoms with van der Waals surface area (Å²) in [5, 5.41) is 2.60. The third-order valence-corrected chi connectivity index (χ3v) is 2.62. The van der Waals surface area contributed by atoms with Crippen LogP contribution in [-0.2, 0) is 22.6 Å². The molecule has 0 radical (unpaired) electrons. The van der Waals surface area contributed by atoms with Gasteiger partial charge < -0.3 is 10.2 Å². The lowest BCUT2D eigenvalue weighted by molar-refractivity contribution is -0.117. The topological polar surface area (TPSA) is 49.4 Å². The molecule has 1 N–H and O–H groups in total. The second kappa shape index (κ2) is 3.73. The molecule has 1 aliphatic heterocycles. The molecule has 0 saturated carbocycles. The molecule has 1 heterocycles. The predicted molar refractivity (Wildman–Crippen MR) is 56.5 cm³/mol. The van der Waals surface area contributed by atoms with Crippen molar-refractivity contribution in [2.24, 2.45) is 0 Å². The number of anilines is 1. The Labute approximate surface area is 87.9 Å². The van der Waals surface area contributed by atoms with Crippen molar-refractivity contribution in [1.29, 1.82) is 0 Å². The summed E-state index contributed by atoms with van der Waals surface area (Å²) in [6.07, 6.45) is 1.15. The average Bonchev–Trinajstić information content (AvgIpc) is 2.52. The van der Waals surface area contributed by atoms with Crippen molar-refractivity contribution in [3.8, 4) is 0 Å². The summed E-state index contributed by atoms with van der Waals surface area (Å²) < 4.78 is 0. The zero-order chi connectivity index (χ0) is 10.8. The van der Waals surface area contributed by atoms with Crippen LogP contribution in [0, 0.1) is 0 Å². The van der Waals surface area contributed by atoms with E-state index in [4.69, 9.17) is 0 Å². The summed E-state index contributed by atoms with van der Waals surface area (Å²) in [4.78, 5) is 23.2. The minimum absolute atomic E-state index is 0.116. The third-order valence-electron chi connectivity index (χ3n) is 2.62. The molecule has 4 heteroatoms. The Morgan fingerprint density at radius 2 is 2.33 bits per heavy atom. The zero-order valence-corrected chi connectivity index (χ0v) is 8.49. The molecule has 2 amide bonds. The Balaban J connectivity index is 2.27. The van der Waals surface area contributed by atoms with Gasteiger partial charge in [-0.05, 0) is 17.2 Å². The minimum atomic E-state index is 0.116. The van der Waals surface area contributed by atoms with Crippen LogP contribution in [0.3, 0.4) is 0 Å². The summed E-state index contributed by atoms with van der Waals surface area (Å²) in [7, 11) is 1.77. The lowest BCUT2D eigenvalue weighted by atomic mass is 10.1. The van der Waals surface area contributed by atoms with Crippen LogP contribution in [-0.4, -0.2) is 19.4 Å². The Bertz CT molecular complexity index is 415. The maximum atomic E-state index is 11.4. The Hall–Kier alpha value is -1.84. The highest BCUT2D eigenvalue weighted by molar-refractivity contribution is 6.00. The Morgan fingerprint density at radius 3 is 3.07 bits per heavy atom. The molecule has 1 aromatic carbocycles. The molecule has 0 aliphatic carbocycles. The van der Waals surface area contributed by atoms with Gasteiger partial charge in [0, 0.05) is 19.3 Å². The van der Waals surface area contributed by atoms with E-state index in [0.29, 0.717) is 19.4 Å². The first-order valence-electron chi connectivity index (χ1n) is 4.78. The number of fused-ring (bicyclic) bond motifs is 1. The molecule has 1 aromatic rings. The fourth-order valence-electron chi connectivity index (χ4n) is 1.76. The number of carbonyl (C=O) groups is 2. The van der Waals surface area contributed by atoms with E-state index in [1.54, 1.807) is 11.9 Å². The number of carbonyl (C=O) groups excluding carboxylic acids is 2. The molecule has 2 rings (SSSR count). The molecule has 1 aliphatic rings. The van der Waals surface area contributed by atoms with Crippen LogP contribution in [0.15, 0.2) is 18.2 Å². The van der Waals surface area contributed by atoms with Crippen molar-refractivity contribution < 1.29 is 9.59 Å². The molecule has 4 nitrogen and oxygen atoms in total. The number of amides is 2. The summed E-state index contributed by atoms with van der Waals surface area (Å²) in [6.45, 7) is 0.499. The Morgan fingerprint density at radius 1 is 1.53 bits per heavy atom. The van der Waals surface area contributed by atoms with E-state index in [2.05, 4.69) is 5.32 Å². The van der Waals surface area contributed by atoms with E-state index < -0.39 is 0 Å². The van der Waals surface area contributed by atoms with Crippen LogP contribution < -0.4 is 10.2 Å². The maximum Gasteiger partial charge on any atom is 0.231 e. The zero-order valence-electron chi connectivity index (χ0n) is 8.49. The molecule has 0 bridgehead atoms. The number of nitrogens with one attached hydrogen (secondary N) is 1. The third kappa shape index (κ3) is 1.70. The van der Waals surface area contributed by atoms with Crippen molar-refractivity contribution in [2.45, 2.75) is 13.0 Å². The highest BCUT2D eigenvalue weighted by atomic mass is 16.2. The molecule has 0 fully saturated rings. The number of nitrogens with zero attached hydrogens (tertiary/aromatic N) is 1.